The van der Waals surface area contributed by atoms with Gasteiger partial charge >= 0.3 is 5.97 Å². The van der Waals surface area contributed by atoms with Crippen LogP contribution in [0.5, 0.6) is 0 Å². The molecule has 3 rings (SSSR count). The Hall–Kier alpha value is -1.10. The quantitative estimate of drug-likeness (QED) is 0.817. The van der Waals surface area contributed by atoms with Gasteiger partial charge in [0.25, 0.3) is 0 Å². The van der Waals surface area contributed by atoms with Crippen LogP contribution in [0.1, 0.15) is 39.0 Å². The third-order valence-corrected chi connectivity index (χ3v) is 5.40. The Balaban J connectivity index is 1.65. The Bertz CT molecular complexity index is 405. The SMILES string of the molecule is C[C@@H](NC(=O)[C@@H]1[C@H]2CC[C@@H](C2)[C@@H]1C(=O)O)[C@H]1CCCO1. The van der Waals surface area contributed by atoms with Gasteiger partial charge in [0.05, 0.1) is 24.0 Å². The Morgan fingerprint density at radius 1 is 1.20 bits per heavy atom. The number of carbonyl (C=O) groups is 2. The number of hydrogen-bond donors (Lipinski definition) is 2. The van der Waals surface area contributed by atoms with Crippen LogP contribution in [-0.4, -0.2) is 35.7 Å². The number of carboxylic acid groups (broad SMARTS) is 1. The highest BCUT2D eigenvalue weighted by Gasteiger charge is 2.54. The Kier molecular flexibility index (Phi) is 3.71. The highest BCUT2D eigenvalue weighted by Crippen LogP contribution is 2.52. The van der Waals surface area contributed by atoms with Crippen molar-refractivity contribution < 1.29 is 19.4 Å². The number of rotatable bonds is 4. The second-order valence-corrected chi connectivity index (χ2v) is 6.57. The van der Waals surface area contributed by atoms with Crippen LogP contribution in [0.3, 0.4) is 0 Å². The molecule has 1 saturated heterocycles. The van der Waals surface area contributed by atoms with Crippen molar-refractivity contribution >= 4 is 11.9 Å². The zero-order valence-corrected chi connectivity index (χ0v) is 11.9. The first kappa shape index (κ1) is 13.9. The fourth-order valence-electron chi connectivity index (χ4n) is 4.43. The summed E-state index contributed by atoms with van der Waals surface area (Å²) in [6, 6.07) is -0.0291. The molecule has 1 heterocycles. The zero-order valence-electron chi connectivity index (χ0n) is 11.9. The molecule has 6 atom stereocenters. The van der Waals surface area contributed by atoms with Gasteiger partial charge in [-0.2, -0.15) is 0 Å². The van der Waals surface area contributed by atoms with Gasteiger partial charge in [-0.15, -0.1) is 0 Å². The summed E-state index contributed by atoms with van der Waals surface area (Å²) in [7, 11) is 0. The fourth-order valence-corrected chi connectivity index (χ4v) is 4.43. The lowest BCUT2D eigenvalue weighted by atomic mass is 9.78. The normalized spacial score (nSPS) is 40.8. The molecule has 0 unspecified atom stereocenters. The number of fused-ring (bicyclic) bond motifs is 2. The molecular weight excluding hydrogens is 258 g/mol. The number of carbonyl (C=O) groups excluding carboxylic acids is 1. The van der Waals surface area contributed by atoms with Crippen molar-refractivity contribution in [3.8, 4) is 0 Å². The molecule has 5 heteroatoms. The number of amides is 1. The monoisotopic (exact) mass is 281 g/mol. The zero-order chi connectivity index (χ0) is 14.3. The van der Waals surface area contributed by atoms with E-state index >= 15 is 0 Å². The van der Waals surface area contributed by atoms with Gasteiger partial charge in [0.1, 0.15) is 0 Å². The van der Waals surface area contributed by atoms with E-state index < -0.39 is 11.9 Å². The van der Waals surface area contributed by atoms with Crippen LogP contribution in [0.2, 0.25) is 0 Å². The molecule has 0 aromatic carbocycles. The van der Waals surface area contributed by atoms with Gasteiger partial charge < -0.3 is 15.2 Å². The van der Waals surface area contributed by atoms with Gasteiger partial charge in [0, 0.05) is 6.61 Å². The van der Waals surface area contributed by atoms with Crippen LogP contribution in [-0.2, 0) is 14.3 Å². The highest BCUT2D eigenvalue weighted by molar-refractivity contribution is 5.86. The lowest BCUT2D eigenvalue weighted by Crippen LogP contribution is -2.47. The first-order valence-electron chi connectivity index (χ1n) is 7.72. The third-order valence-electron chi connectivity index (χ3n) is 5.40. The average Bonchev–Trinajstić information content (AvgIpc) is 3.13. The molecular formula is C15H23NO4. The van der Waals surface area contributed by atoms with Gasteiger partial charge in [-0.3, -0.25) is 9.59 Å². The van der Waals surface area contributed by atoms with E-state index in [2.05, 4.69) is 5.32 Å². The molecule has 1 amide bonds. The maximum absolute atomic E-state index is 12.5. The third kappa shape index (κ3) is 2.32. The van der Waals surface area contributed by atoms with Crippen molar-refractivity contribution in [1.82, 2.24) is 5.32 Å². The number of carboxylic acids is 1. The lowest BCUT2D eigenvalue weighted by molar-refractivity contribution is -0.149. The second-order valence-electron chi connectivity index (χ2n) is 6.57. The molecule has 3 aliphatic rings. The molecule has 2 saturated carbocycles. The standard InChI is InChI=1S/C15H23NO4/c1-8(11-3-2-6-20-11)16-14(17)12-9-4-5-10(7-9)13(12)15(18)19/h8-13H,2-7H2,1H3,(H,16,17)(H,18,19)/t8-,9+,10+,11-,12-,13+/m1/s1. The van der Waals surface area contributed by atoms with Gasteiger partial charge in [0.15, 0.2) is 0 Å². The number of ether oxygens (including phenoxy) is 1. The van der Waals surface area contributed by atoms with E-state index in [9.17, 15) is 14.7 Å². The van der Waals surface area contributed by atoms with E-state index in [1.165, 1.54) is 0 Å². The molecule has 0 spiro atoms. The Labute approximate surface area is 119 Å². The molecule has 1 aliphatic heterocycles. The topological polar surface area (TPSA) is 75.6 Å². The summed E-state index contributed by atoms with van der Waals surface area (Å²) in [5, 5.41) is 12.4. The average molecular weight is 281 g/mol. The molecule has 2 aliphatic carbocycles. The maximum atomic E-state index is 12.5. The summed E-state index contributed by atoms with van der Waals surface area (Å²) in [5.74, 6) is -1.24. The minimum Gasteiger partial charge on any atom is -0.481 e. The molecule has 2 bridgehead atoms. The van der Waals surface area contributed by atoms with Gasteiger partial charge in [0.2, 0.25) is 5.91 Å². The Morgan fingerprint density at radius 3 is 2.50 bits per heavy atom. The van der Waals surface area contributed by atoms with Crippen LogP contribution in [0, 0.1) is 23.7 Å². The predicted molar refractivity (Wildman–Crippen MR) is 72.0 cm³/mol. The van der Waals surface area contributed by atoms with Gasteiger partial charge in [-0.1, -0.05) is 0 Å². The molecule has 0 radical (unpaired) electrons. The first-order chi connectivity index (χ1) is 9.58. The molecule has 0 aromatic rings. The predicted octanol–water partition coefficient (Wildman–Crippen LogP) is 1.42. The highest BCUT2D eigenvalue weighted by atomic mass is 16.5. The number of hydrogen-bond acceptors (Lipinski definition) is 3. The van der Waals surface area contributed by atoms with Gasteiger partial charge in [-0.05, 0) is 50.9 Å². The van der Waals surface area contributed by atoms with E-state index in [-0.39, 0.29) is 35.8 Å². The summed E-state index contributed by atoms with van der Waals surface area (Å²) >= 11 is 0. The molecule has 5 nitrogen and oxygen atoms in total. The van der Waals surface area contributed by atoms with Crippen molar-refractivity contribution in [2.24, 2.45) is 23.7 Å². The maximum Gasteiger partial charge on any atom is 0.307 e. The van der Waals surface area contributed by atoms with Crippen LogP contribution >= 0.6 is 0 Å². The van der Waals surface area contributed by atoms with E-state index in [0.29, 0.717) is 0 Å². The summed E-state index contributed by atoms with van der Waals surface area (Å²) in [4.78, 5) is 23.9. The smallest absolute Gasteiger partial charge is 0.307 e. The van der Waals surface area contributed by atoms with Gasteiger partial charge in [-0.25, -0.2) is 0 Å². The van der Waals surface area contributed by atoms with Crippen LogP contribution in [0.25, 0.3) is 0 Å². The van der Waals surface area contributed by atoms with E-state index in [4.69, 9.17) is 4.74 Å². The number of aliphatic carboxylic acids is 1. The van der Waals surface area contributed by atoms with Crippen LogP contribution in [0.4, 0.5) is 0 Å². The van der Waals surface area contributed by atoms with Crippen molar-refractivity contribution in [2.75, 3.05) is 6.61 Å². The molecule has 3 fully saturated rings. The molecule has 2 N–H and O–H groups in total. The van der Waals surface area contributed by atoms with Crippen molar-refractivity contribution in [1.29, 1.82) is 0 Å². The van der Waals surface area contributed by atoms with E-state index in [0.717, 1.165) is 38.7 Å². The summed E-state index contributed by atoms with van der Waals surface area (Å²) in [5.41, 5.74) is 0. The summed E-state index contributed by atoms with van der Waals surface area (Å²) in [6.07, 6.45) is 4.97. The van der Waals surface area contributed by atoms with Crippen molar-refractivity contribution in [3.63, 3.8) is 0 Å². The summed E-state index contributed by atoms with van der Waals surface area (Å²) < 4.78 is 5.58. The molecule has 0 aromatic heterocycles. The van der Waals surface area contributed by atoms with Crippen molar-refractivity contribution in [3.05, 3.63) is 0 Å². The van der Waals surface area contributed by atoms with E-state index in [1.54, 1.807) is 0 Å². The first-order valence-corrected chi connectivity index (χ1v) is 7.72. The summed E-state index contributed by atoms with van der Waals surface area (Å²) in [6.45, 7) is 2.72. The second kappa shape index (κ2) is 5.35. The van der Waals surface area contributed by atoms with Crippen LogP contribution < -0.4 is 5.32 Å². The minimum atomic E-state index is -0.804. The fraction of sp³-hybridized carbons (Fsp3) is 0.867. The number of nitrogens with one attached hydrogen (secondary N) is 1. The lowest BCUT2D eigenvalue weighted by Gasteiger charge is -2.29. The van der Waals surface area contributed by atoms with Crippen molar-refractivity contribution in [2.45, 2.75) is 51.2 Å². The van der Waals surface area contributed by atoms with Crippen LogP contribution in [0.15, 0.2) is 0 Å². The molecule has 20 heavy (non-hydrogen) atoms. The molecule has 112 valence electrons. The van der Waals surface area contributed by atoms with E-state index in [1.807, 2.05) is 6.92 Å². The Morgan fingerprint density at radius 2 is 1.90 bits per heavy atom. The minimum absolute atomic E-state index is 0.0291. The largest absolute Gasteiger partial charge is 0.481 e.